The van der Waals surface area contributed by atoms with Crippen molar-refractivity contribution in [1.82, 2.24) is 10.6 Å². The van der Waals surface area contributed by atoms with Crippen molar-refractivity contribution in [2.45, 2.75) is 75.9 Å². The second-order valence-electron chi connectivity index (χ2n) is 7.32. The van der Waals surface area contributed by atoms with Gasteiger partial charge in [0.15, 0.2) is 0 Å². The molecule has 4 rings (SSSR count). The van der Waals surface area contributed by atoms with Gasteiger partial charge in [0.25, 0.3) is 0 Å². The minimum atomic E-state index is 0. The molecule has 3 aliphatic carbocycles. The summed E-state index contributed by atoms with van der Waals surface area (Å²) in [5.74, 6) is 2.68. The van der Waals surface area contributed by atoms with Crippen LogP contribution in [-0.4, -0.2) is 24.0 Å². The van der Waals surface area contributed by atoms with E-state index >= 15 is 0 Å². The lowest BCUT2D eigenvalue weighted by molar-refractivity contribution is -0.123. The maximum absolute atomic E-state index is 12.5. The van der Waals surface area contributed by atoms with Crippen LogP contribution in [0, 0.1) is 17.8 Å². The number of hydrogen-bond donors (Lipinski definition) is 2. The van der Waals surface area contributed by atoms with E-state index in [-0.39, 0.29) is 18.4 Å². The molecule has 114 valence electrons. The number of carbonyl (C=O) groups is 1. The van der Waals surface area contributed by atoms with Gasteiger partial charge in [-0.25, -0.2) is 0 Å². The van der Waals surface area contributed by atoms with Gasteiger partial charge in [0.1, 0.15) is 0 Å². The number of rotatable bonds is 4. The van der Waals surface area contributed by atoms with Crippen LogP contribution in [0.2, 0.25) is 0 Å². The summed E-state index contributed by atoms with van der Waals surface area (Å²) in [6.07, 6.45) is 11.8. The summed E-state index contributed by atoms with van der Waals surface area (Å²) >= 11 is 0. The van der Waals surface area contributed by atoms with Crippen molar-refractivity contribution < 1.29 is 4.79 Å². The van der Waals surface area contributed by atoms with E-state index in [0.717, 1.165) is 24.2 Å². The van der Waals surface area contributed by atoms with Gasteiger partial charge in [0.2, 0.25) is 5.91 Å². The molecule has 0 radical (unpaired) electrons. The first-order valence-electron chi connectivity index (χ1n) is 8.37. The van der Waals surface area contributed by atoms with Crippen molar-refractivity contribution >= 4 is 18.3 Å². The van der Waals surface area contributed by atoms with Gasteiger partial charge in [-0.2, -0.15) is 0 Å². The Labute approximate surface area is 128 Å². The van der Waals surface area contributed by atoms with Crippen LogP contribution in [0.25, 0.3) is 0 Å². The first-order valence-corrected chi connectivity index (χ1v) is 8.37. The number of amides is 1. The van der Waals surface area contributed by atoms with E-state index in [9.17, 15) is 4.79 Å². The molecular formula is C16H27ClN2O. The second kappa shape index (κ2) is 5.84. The lowest BCUT2D eigenvalue weighted by Gasteiger charge is -2.24. The molecule has 4 heteroatoms. The fraction of sp³-hybridized carbons (Fsp3) is 0.938. The Bertz CT molecular complexity index is 341. The predicted octanol–water partition coefficient (Wildman–Crippen LogP) is 2.63. The lowest BCUT2D eigenvalue weighted by atomic mass is 9.85. The summed E-state index contributed by atoms with van der Waals surface area (Å²) in [5, 5.41) is 7.00. The molecule has 4 fully saturated rings. The second-order valence-corrected chi connectivity index (χ2v) is 7.32. The Hall–Kier alpha value is -0.280. The zero-order valence-corrected chi connectivity index (χ0v) is 13.0. The van der Waals surface area contributed by atoms with E-state index in [2.05, 4.69) is 10.6 Å². The number of carbonyl (C=O) groups excluding carboxylic acids is 1. The summed E-state index contributed by atoms with van der Waals surface area (Å²) in [7, 11) is 0. The monoisotopic (exact) mass is 298 g/mol. The summed E-state index contributed by atoms with van der Waals surface area (Å²) < 4.78 is 0. The third-order valence-electron chi connectivity index (χ3n) is 5.75. The molecular weight excluding hydrogens is 272 g/mol. The maximum atomic E-state index is 12.5. The van der Waals surface area contributed by atoms with Crippen LogP contribution in [0.5, 0.6) is 0 Å². The molecule has 0 aromatic carbocycles. The molecule has 0 aromatic rings. The molecule has 0 bridgehead atoms. The van der Waals surface area contributed by atoms with Gasteiger partial charge in [-0.15, -0.1) is 12.4 Å². The van der Waals surface area contributed by atoms with Crippen LogP contribution in [0.1, 0.15) is 57.8 Å². The highest BCUT2D eigenvalue weighted by molar-refractivity contribution is 5.85. The third-order valence-corrected chi connectivity index (χ3v) is 5.75. The van der Waals surface area contributed by atoms with Crippen LogP contribution in [-0.2, 0) is 4.79 Å². The third kappa shape index (κ3) is 2.99. The average Bonchev–Trinajstić information content (AvgIpc) is 3.32. The zero-order valence-electron chi connectivity index (χ0n) is 12.1. The number of nitrogens with one attached hydrogen (secondary N) is 2. The average molecular weight is 299 g/mol. The standard InChI is InChI=1S/C16H26N2O.ClH/c19-16(18-15(10-5-6-10)11-7-8-11)14-9-12-3-1-2-4-13(12)17-14;/h10-15,17H,1-9H2,(H,18,19);1H. The fourth-order valence-corrected chi connectivity index (χ4v) is 4.32. The fourth-order valence-electron chi connectivity index (χ4n) is 4.32. The van der Waals surface area contributed by atoms with Crippen molar-refractivity contribution in [3.8, 4) is 0 Å². The van der Waals surface area contributed by atoms with Gasteiger partial charge < -0.3 is 10.6 Å². The van der Waals surface area contributed by atoms with Crippen LogP contribution in [0.3, 0.4) is 0 Å². The van der Waals surface area contributed by atoms with E-state index < -0.39 is 0 Å². The molecule has 3 unspecified atom stereocenters. The van der Waals surface area contributed by atoms with Gasteiger partial charge in [0, 0.05) is 12.1 Å². The van der Waals surface area contributed by atoms with Gasteiger partial charge in [-0.3, -0.25) is 4.79 Å². The molecule has 0 spiro atoms. The first kappa shape index (κ1) is 14.6. The van der Waals surface area contributed by atoms with Gasteiger partial charge in [0.05, 0.1) is 6.04 Å². The van der Waals surface area contributed by atoms with Gasteiger partial charge in [-0.1, -0.05) is 12.8 Å². The molecule has 2 N–H and O–H groups in total. The van der Waals surface area contributed by atoms with Crippen molar-refractivity contribution in [1.29, 1.82) is 0 Å². The van der Waals surface area contributed by atoms with Crippen LogP contribution < -0.4 is 10.6 Å². The summed E-state index contributed by atoms with van der Waals surface area (Å²) in [5.41, 5.74) is 0. The summed E-state index contributed by atoms with van der Waals surface area (Å²) in [6, 6.07) is 1.25. The first-order chi connectivity index (χ1) is 9.31. The molecule has 1 aliphatic heterocycles. The topological polar surface area (TPSA) is 41.1 Å². The number of halogens is 1. The molecule has 1 saturated heterocycles. The van der Waals surface area contributed by atoms with Gasteiger partial charge in [-0.05, 0) is 62.7 Å². The van der Waals surface area contributed by atoms with Crippen LogP contribution in [0.4, 0.5) is 0 Å². The van der Waals surface area contributed by atoms with Crippen molar-refractivity contribution in [2.75, 3.05) is 0 Å². The van der Waals surface area contributed by atoms with Crippen LogP contribution >= 0.6 is 12.4 Å². The highest BCUT2D eigenvalue weighted by atomic mass is 35.5. The normalized spacial score (nSPS) is 36.4. The SMILES string of the molecule is Cl.O=C(NC(C1CC1)C1CC1)C1CC2CCCCC2N1. The molecule has 3 saturated carbocycles. The van der Waals surface area contributed by atoms with E-state index in [1.807, 2.05) is 0 Å². The highest BCUT2D eigenvalue weighted by Crippen LogP contribution is 2.44. The van der Waals surface area contributed by atoms with E-state index in [0.29, 0.717) is 18.0 Å². The molecule has 1 amide bonds. The Morgan fingerprint density at radius 3 is 2.25 bits per heavy atom. The Morgan fingerprint density at radius 1 is 1.00 bits per heavy atom. The Balaban J connectivity index is 0.00000121. The van der Waals surface area contributed by atoms with E-state index in [1.165, 1.54) is 51.4 Å². The maximum Gasteiger partial charge on any atom is 0.237 e. The lowest BCUT2D eigenvalue weighted by Crippen LogP contribution is -2.48. The van der Waals surface area contributed by atoms with E-state index in [4.69, 9.17) is 0 Å². The minimum absolute atomic E-state index is 0. The van der Waals surface area contributed by atoms with Gasteiger partial charge >= 0.3 is 0 Å². The molecule has 1 heterocycles. The Morgan fingerprint density at radius 2 is 1.65 bits per heavy atom. The Kier molecular flexibility index (Phi) is 4.28. The van der Waals surface area contributed by atoms with Crippen molar-refractivity contribution in [2.24, 2.45) is 17.8 Å². The van der Waals surface area contributed by atoms with Crippen LogP contribution in [0.15, 0.2) is 0 Å². The molecule has 3 atom stereocenters. The molecule has 0 aromatic heterocycles. The summed E-state index contributed by atoms with van der Waals surface area (Å²) in [4.78, 5) is 12.5. The largest absolute Gasteiger partial charge is 0.351 e. The summed E-state index contributed by atoms with van der Waals surface area (Å²) in [6.45, 7) is 0. The van der Waals surface area contributed by atoms with Crippen molar-refractivity contribution in [3.05, 3.63) is 0 Å². The molecule has 4 aliphatic rings. The molecule has 3 nitrogen and oxygen atoms in total. The predicted molar refractivity (Wildman–Crippen MR) is 81.9 cm³/mol. The van der Waals surface area contributed by atoms with Crippen molar-refractivity contribution in [3.63, 3.8) is 0 Å². The smallest absolute Gasteiger partial charge is 0.237 e. The minimum Gasteiger partial charge on any atom is -0.351 e. The molecule has 20 heavy (non-hydrogen) atoms. The number of hydrogen-bond acceptors (Lipinski definition) is 2. The quantitative estimate of drug-likeness (QED) is 0.838. The highest BCUT2D eigenvalue weighted by Gasteiger charge is 2.44. The number of fused-ring (bicyclic) bond motifs is 1. The van der Waals surface area contributed by atoms with E-state index in [1.54, 1.807) is 0 Å². The zero-order chi connectivity index (χ0) is 12.8.